The second-order valence-corrected chi connectivity index (χ2v) is 15.1. The fraction of sp³-hybridized carbons (Fsp3) is 0.535. The van der Waals surface area contributed by atoms with Gasteiger partial charge in [-0.25, -0.2) is 0 Å². The van der Waals surface area contributed by atoms with Gasteiger partial charge in [0.15, 0.2) is 0 Å². The lowest BCUT2D eigenvalue weighted by atomic mass is 9.70. The molecule has 3 aliphatic heterocycles. The highest BCUT2D eigenvalue weighted by Gasteiger charge is 2.76. The van der Waals surface area contributed by atoms with Crippen molar-refractivity contribution in [3.05, 3.63) is 97.1 Å². The van der Waals surface area contributed by atoms with Crippen molar-refractivity contribution in [1.29, 1.82) is 0 Å². The zero-order chi connectivity index (χ0) is 38.2. The number of allylic oxidation sites excluding steroid dienone is 1. The number of fused-ring (bicyclic) bond motifs is 1. The summed E-state index contributed by atoms with van der Waals surface area (Å²) in [5.41, 5.74) is 0.277. The van der Waals surface area contributed by atoms with Gasteiger partial charge < -0.3 is 34.4 Å². The molecule has 290 valence electrons. The molecule has 2 bridgehead atoms. The van der Waals surface area contributed by atoms with E-state index < -0.39 is 59.6 Å². The number of ether oxygens (including phenoxy) is 3. The van der Waals surface area contributed by atoms with Crippen LogP contribution < -0.4 is 5.32 Å². The molecule has 6 rings (SSSR count). The van der Waals surface area contributed by atoms with Crippen molar-refractivity contribution in [3.8, 4) is 0 Å². The van der Waals surface area contributed by atoms with E-state index in [1.165, 1.54) is 7.11 Å². The molecule has 1 spiro atoms. The number of nitrogens with one attached hydrogen (secondary N) is 1. The average Bonchev–Trinajstić information content (AvgIpc) is 3.85. The first kappa shape index (κ1) is 39.4. The lowest BCUT2D eigenvalue weighted by molar-refractivity contribution is -0.163. The van der Waals surface area contributed by atoms with Crippen LogP contribution in [-0.4, -0.2) is 101 Å². The van der Waals surface area contributed by atoms with Crippen LogP contribution in [0.1, 0.15) is 75.0 Å². The molecule has 3 amide bonds. The summed E-state index contributed by atoms with van der Waals surface area (Å²) in [6.45, 7) is 7.67. The monoisotopic (exact) mass is 741 g/mol. The van der Waals surface area contributed by atoms with Crippen molar-refractivity contribution in [2.24, 2.45) is 11.8 Å². The lowest BCUT2D eigenvalue weighted by Crippen LogP contribution is -2.60. The van der Waals surface area contributed by atoms with Gasteiger partial charge in [-0.15, -0.1) is 13.2 Å². The fourth-order valence-electron chi connectivity index (χ4n) is 9.40. The molecule has 4 fully saturated rings. The van der Waals surface area contributed by atoms with E-state index in [1.54, 1.807) is 17.1 Å². The molecule has 11 nitrogen and oxygen atoms in total. The van der Waals surface area contributed by atoms with Crippen molar-refractivity contribution >= 4 is 23.7 Å². The van der Waals surface area contributed by atoms with E-state index in [4.69, 9.17) is 14.2 Å². The molecule has 1 saturated carbocycles. The summed E-state index contributed by atoms with van der Waals surface area (Å²) < 4.78 is 18.7. The van der Waals surface area contributed by atoms with E-state index in [0.29, 0.717) is 37.8 Å². The molecule has 0 aromatic heterocycles. The summed E-state index contributed by atoms with van der Waals surface area (Å²) in [6.07, 6.45) is 8.52. The maximum atomic E-state index is 15.1. The van der Waals surface area contributed by atoms with Crippen molar-refractivity contribution < 1.29 is 38.5 Å². The smallest absolute Gasteiger partial charge is 0.313 e. The third-order valence-corrected chi connectivity index (χ3v) is 11.8. The first-order valence-corrected chi connectivity index (χ1v) is 19.5. The van der Waals surface area contributed by atoms with E-state index in [-0.39, 0.29) is 37.5 Å². The molecular weight excluding hydrogens is 686 g/mol. The number of carbonyl (C=O) groups excluding carboxylic acids is 4. The lowest BCUT2D eigenvalue weighted by Gasteiger charge is -2.42. The van der Waals surface area contributed by atoms with Crippen LogP contribution in [0.25, 0.3) is 0 Å². The third kappa shape index (κ3) is 7.90. The number of nitrogens with zero attached hydrogens (tertiary/aromatic N) is 2. The van der Waals surface area contributed by atoms with Crippen LogP contribution in [0.5, 0.6) is 0 Å². The Morgan fingerprint density at radius 2 is 1.74 bits per heavy atom. The number of hydrogen-bond acceptors (Lipinski definition) is 8. The van der Waals surface area contributed by atoms with Crippen LogP contribution in [0.3, 0.4) is 0 Å². The predicted octanol–water partition coefficient (Wildman–Crippen LogP) is 4.69. The van der Waals surface area contributed by atoms with E-state index in [0.717, 1.165) is 37.7 Å². The van der Waals surface area contributed by atoms with Gasteiger partial charge in [0.1, 0.15) is 17.7 Å². The number of hydrogen-bond donors (Lipinski definition) is 2. The number of aliphatic hydroxyl groups is 1. The summed E-state index contributed by atoms with van der Waals surface area (Å²) in [5.74, 6) is -3.51. The largest absolute Gasteiger partial charge is 0.455 e. The predicted molar refractivity (Wildman–Crippen MR) is 203 cm³/mol. The maximum absolute atomic E-state index is 15.1. The van der Waals surface area contributed by atoms with Crippen molar-refractivity contribution in [2.75, 3.05) is 26.9 Å². The summed E-state index contributed by atoms with van der Waals surface area (Å²) in [7, 11) is 1.51. The number of amides is 3. The van der Waals surface area contributed by atoms with Gasteiger partial charge >= 0.3 is 5.97 Å². The first-order chi connectivity index (χ1) is 26.3. The van der Waals surface area contributed by atoms with Crippen LogP contribution in [0.4, 0.5) is 0 Å². The molecule has 8 atom stereocenters. The zero-order valence-corrected chi connectivity index (χ0v) is 31.4. The number of esters is 1. The number of methoxy groups -OCH3 is 1. The highest BCUT2D eigenvalue weighted by atomic mass is 16.6. The Bertz CT molecular complexity index is 1630. The molecule has 4 aliphatic rings. The van der Waals surface area contributed by atoms with Gasteiger partial charge in [-0.1, -0.05) is 92.1 Å². The molecular formula is C43H55N3O8. The number of rotatable bonds is 18. The van der Waals surface area contributed by atoms with Crippen LogP contribution in [0.15, 0.2) is 86.0 Å². The molecule has 1 aliphatic carbocycles. The Hall–Kier alpha value is -4.32. The van der Waals surface area contributed by atoms with Crippen molar-refractivity contribution in [1.82, 2.24) is 15.1 Å². The van der Waals surface area contributed by atoms with Crippen LogP contribution in [-0.2, 0) is 39.8 Å². The minimum atomic E-state index is -1.28. The Balaban J connectivity index is 1.36. The molecule has 2 aromatic carbocycles. The SMILES string of the molecule is C=CCCC(=O)N[C@H](COC)[C@H](OC(=O)[C@@H]1[C@H]2C(=O)N([C@@H](CO)Cc3ccccc3)[C@H](C(=O)N(CC=C)C3CCCCC3)[C@]23CC[C@H]1O3)c1ccccc1. The molecule has 3 heterocycles. The minimum Gasteiger partial charge on any atom is -0.455 e. The van der Waals surface area contributed by atoms with Gasteiger partial charge in [0.25, 0.3) is 0 Å². The molecule has 11 heteroatoms. The number of aliphatic hydroxyl groups excluding tert-OH is 1. The topological polar surface area (TPSA) is 135 Å². The van der Waals surface area contributed by atoms with Gasteiger partial charge in [-0.05, 0) is 49.7 Å². The summed E-state index contributed by atoms with van der Waals surface area (Å²) in [4.78, 5) is 61.2. The van der Waals surface area contributed by atoms with E-state index in [1.807, 2.05) is 65.6 Å². The molecule has 2 N–H and O–H groups in total. The van der Waals surface area contributed by atoms with Gasteiger partial charge in [0.2, 0.25) is 17.7 Å². The third-order valence-electron chi connectivity index (χ3n) is 11.8. The quantitative estimate of drug-likeness (QED) is 0.166. The second-order valence-electron chi connectivity index (χ2n) is 15.1. The van der Waals surface area contributed by atoms with Crippen LogP contribution >= 0.6 is 0 Å². The molecule has 0 radical (unpaired) electrons. The summed E-state index contributed by atoms with van der Waals surface area (Å²) >= 11 is 0. The molecule has 3 saturated heterocycles. The van der Waals surface area contributed by atoms with Gasteiger partial charge in [-0.2, -0.15) is 0 Å². The second kappa shape index (κ2) is 17.9. The standard InChI is InChI=1S/C43H55N3O8/c1-4-6-22-35(48)44-33(28-52-3)38(30-18-12-8-13-19-30)53-42(51)36-34-23-24-43(54-34)37(36)40(49)46(32(27-47)26-29-16-10-7-11-17-29)39(43)41(50)45(25-5-2)31-20-14-9-15-21-31/h4-5,7-8,10-13,16-19,31-34,36-39,47H,1-2,6,9,14-15,20-28H2,3H3,(H,44,48)/t32-,33-,34-,36+,37+,38-,39-,43+/m1/s1. The van der Waals surface area contributed by atoms with Gasteiger partial charge in [0, 0.05) is 26.1 Å². The van der Waals surface area contributed by atoms with Gasteiger partial charge in [-0.3, -0.25) is 19.2 Å². The zero-order valence-electron chi connectivity index (χ0n) is 31.4. The van der Waals surface area contributed by atoms with E-state index in [2.05, 4.69) is 18.5 Å². The number of benzene rings is 2. The number of likely N-dealkylation sites (tertiary alicyclic amines) is 1. The summed E-state index contributed by atoms with van der Waals surface area (Å²) in [6, 6.07) is 16.2. The maximum Gasteiger partial charge on any atom is 0.313 e. The minimum absolute atomic E-state index is 0.0104. The first-order valence-electron chi connectivity index (χ1n) is 19.5. The van der Waals surface area contributed by atoms with Gasteiger partial charge in [0.05, 0.1) is 43.2 Å². The normalized spacial score (nSPS) is 26.4. The Morgan fingerprint density at radius 1 is 1.04 bits per heavy atom. The summed E-state index contributed by atoms with van der Waals surface area (Å²) in [5, 5.41) is 13.9. The Labute approximate surface area is 318 Å². The highest BCUT2D eigenvalue weighted by molar-refractivity contribution is 5.98. The van der Waals surface area contributed by atoms with Crippen LogP contribution in [0.2, 0.25) is 0 Å². The fourth-order valence-corrected chi connectivity index (χ4v) is 9.40. The van der Waals surface area contributed by atoms with E-state index in [9.17, 15) is 14.7 Å². The Kier molecular flexibility index (Phi) is 13.0. The van der Waals surface area contributed by atoms with E-state index >= 15 is 9.59 Å². The van der Waals surface area contributed by atoms with Crippen molar-refractivity contribution in [2.45, 2.75) is 106 Å². The Morgan fingerprint density at radius 3 is 2.39 bits per heavy atom. The molecule has 0 unspecified atom stereocenters. The van der Waals surface area contributed by atoms with Crippen LogP contribution in [0, 0.1) is 11.8 Å². The highest BCUT2D eigenvalue weighted by Crippen LogP contribution is 2.59. The average molecular weight is 742 g/mol. The number of carbonyl (C=O) groups is 4. The molecule has 2 aromatic rings. The molecule has 54 heavy (non-hydrogen) atoms. The van der Waals surface area contributed by atoms with Crippen molar-refractivity contribution in [3.63, 3.8) is 0 Å².